The van der Waals surface area contributed by atoms with Gasteiger partial charge in [-0.15, -0.1) is 11.8 Å². The van der Waals surface area contributed by atoms with Gasteiger partial charge in [-0.2, -0.15) is 0 Å². The molecule has 0 rings (SSSR count). The van der Waals surface area contributed by atoms with Crippen molar-refractivity contribution in [3.63, 3.8) is 0 Å². The van der Waals surface area contributed by atoms with E-state index in [9.17, 15) is 0 Å². The Hall–Kier alpha value is -0.960. The van der Waals surface area contributed by atoms with Gasteiger partial charge in [0.25, 0.3) is 0 Å². The number of methoxy groups -OCH3 is 2. The van der Waals surface area contributed by atoms with Crippen LogP contribution in [0, 0.1) is 23.7 Å². The molecule has 0 aromatic rings. The predicted octanol–water partition coefficient (Wildman–Crippen LogP) is 4.18. The normalized spacial score (nSPS) is 12.8. The molecule has 0 aromatic carbocycles. The van der Waals surface area contributed by atoms with Gasteiger partial charge in [0.1, 0.15) is 12.2 Å². The molecule has 2 nitrogen and oxygen atoms in total. The van der Waals surface area contributed by atoms with Crippen LogP contribution in [-0.4, -0.2) is 26.4 Å². The average Bonchev–Trinajstić information content (AvgIpc) is 2.48. The lowest BCUT2D eigenvalue weighted by molar-refractivity contribution is 0.101. The van der Waals surface area contributed by atoms with E-state index in [0.717, 1.165) is 38.5 Å². The lowest BCUT2D eigenvalue weighted by Crippen LogP contribution is -2.14. The van der Waals surface area contributed by atoms with E-state index in [1.54, 1.807) is 14.2 Å². The fourth-order valence-electron chi connectivity index (χ4n) is 1.70. The molecule has 2 unspecified atom stereocenters. The van der Waals surface area contributed by atoms with Crippen LogP contribution in [0.25, 0.3) is 0 Å². The van der Waals surface area contributed by atoms with E-state index in [-0.39, 0.29) is 12.2 Å². The minimum absolute atomic E-state index is 0.00180. The SMILES string of the molecule is CCCCC#CC(CCC(C#CCCCC)OC)OC. The highest BCUT2D eigenvalue weighted by Gasteiger charge is 2.08. The monoisotopic (exact) mass is 278 g/mol. The van der Waals surface area contributed by atoms with Crippen molar-refractivity contribution in [2.45, 2.75) is 77.4 Å². The molecule has 0 amide bonds. The van der Waals surface area contributed by atoms with Gasteiger partial charge in [-0.05, 0) is 25.7 Å². The third kappa shape index (κ3) is 10.9. The maximum atomic E-state index is 5.39. The van der Waals surface area contributed by atoms with Gasteiger partial charge in [-0.1, -0.05) is 38.5 Å². The van der Waals surface area contributed by atoms with Crippen LogP contribution in [-0.2, 0) is 9.47 Å². The van der Waals surface area contributed by atoms with Gasteiger partial charge in [-0.3, -0.25) is 0 Å². The van der Waals surface area contributed by atoms with Crippen molar-refractivity contribution in [2.75, 3.05) is 14.2 Å². The quantitative estimate of drug-likeness (QED) is 0.465. The zero-order valence-electron chi connectivity index (χ0n) is 13.6. The summed E-state index contributed by atoms with van der Waals surface area (Å²) in [5.41, 5.74) is 0. The molecule has 0 bridgehead atoms. The Labute approximate surface area is 125 Å². The lowest BCUT2D eigenvalue weighted by Gasteiger charge is -2.12. The molecular formula is C18H30O2. The third-order valence-electron chi connectivity index (χ3n) is 3.10. The van der Waals surface area contributed by atoms with E-state index < -0.39 is 0 Å². The second kappa shape index (κ2) is 14.4. The molecule has 0 fully saturated rings. The molecule has 0 aliphatic rings. The van der Waals surface area contributed by atoms with Crippen molar-refractivity contribution >= 4 is 0 Å². The Kier molecular flexibility index (Phi) is 13.8. The van der Waals surface area contributed by atoms with Crippen molar-refractivity contribution in [2.24, 2.45) is 0 Å². The summed E-state index contributed by atoms with van der Waals surface area (Å²) >= 11 is 0. The summed E-state index contributed by atoms with van der Waals surface area (Å²) < 4.78 is 10.8. The number of unbranched alkanes of at least 4 members (excludes halogenated alkanes) is 4. The molecular weight excluding hydrogens is 248 g/mol. The molecule has 0 aromatic heterocycles. The zero-order valence-corrected chi connectivity index (χ0v) is 13.6. The van der Waals surface area contributed by atoms with Crippen LogP contribution in [0.2, 0.25) is 0 Å². The van der Waals surface area contributed by atoms with E-state index in [1.165, 1.54) is 12.8 Å². The minimum Gasteiger partial charge on any atom is -0.369 e. The van der Waals surface area contributed by atoms with Gasteiger partial charge in [0.05, 0.1) is 0 Å². The average molecular weight is 278 g/mol. The predicted molar refractivity (Wildman–Crippen MR) is 85.4 cm³/mol. The van der Waals surface area contributed by atoms with Gasteiger partial charge >= 0.3 is 0 Å². The molecule has 0 N–H and O–H groups in total. The van der Waals surface area contributed by atoms with Gasteiger partial charge in [0.2, 0.25) is 0 Å². The van der Waals surface area contributed by atoms with Crippen molar-refractivity contribution in [1.29, 1.82) is 0 Å². The van der Waals surface area contributed by atoms with Gasteiger partial charge in [-0.25, -0.2) is 0 Å². The molecule has 0 saturated heterocycles. The molecule has 0 aliphatic carbocycles. The standard InChI is InChI=1S/C18H30O2/c1-5-7-9-11-13-17(19-3)15-16-18(20-4)14-12-10-8-6-2/h17-18H,5-10,15-16H2,1-4H3. The van der Waals surface area contributed by atoms with Gasteiger partial charge < -0.3 is 9.47 Å². The van der Waals surface area contributed by atoms with E-state index >= 15 is 0 Å². The highest BCUT2D eigenvalue weighted by atomic mass is 16.5. The highest BCUT2D eigenvalue weighted by molar-refractivity contribution is 5.08. The van der Waals surface area contributed by atoms with Crippen molar-refractivity contribution in [3.8, 4) is 23.7 Å². The fourth-order valence-corrected chi connectivity index (χ4v) is 1.70. The molecule has 2 heteroatoms. The van der Waals surface area contributed by atoms with Gasteiger partial charge in [0, 0.05) is 27.1 Å². The van der Waals surface area contributed by atoms with Gasteiger partial charge in [0.15, 0.2) is 0 Å². The topological polar surface area (TPSA) is 18.5 Å². The second-order valence-electron chi connectivity index (χ2n) is 4.88. The summed E-state index contributed by atoms with van der Waals surface area (Å²) in [7, 11) is 3.43. The molecule has 114 valence electrons. The molecule has 20 heavy (non-hydrogen) atoms. The molecule has 0 spiro atoms. The van der Waals surface area contributed by atoms with Crippen LogP contribution in [0.4, 0.5) is 0 Å². The molecule has 0 saturated carbocycles. The third-order valence-corrected chi connectivity index (χ3v) is 3.10. The van der Waals surface area contributed by atoms with Crippen LogP contribution in [0.3, 0.4) is 0 Å². The summed E-state index contributed by atoms with van der Waals surface area (Å²) in [6.07, 6.45) is 8.36. The summed E-state index contributed by atoms with van der Waals surface area (Å²) in [5, 5.41) is 0. The Morgan fingerprint density at radius 1 is 0.750 bits per heavy atom. The minimum atomic E-state index is 0.00180. The van der Waals surface area contributed by atoms with Crippen LogP contribution >= 0.6 is 0 Å². The summed E-state index contributed by atoms with van der Waals surface area (Å²) in [6, 6.07) is 0. The van der Waals surface area contributed by atoms with Crippen molar-refractivity contribution in [1.82, 2.24) is 0 Å². The first-order valence-corrected chi connectivity index (χ1v) is 7.80. The fraction of sp³-hybridized carbons (Fsp3) is 0.778. The Morgan fingerprint density at radius 3 is 1.45 bits per heavy atom. The van der Waals surface area contributed by atoms with E-state index in [2.05, 4.69) is 37.5 Å². The zero-order chi connectivity index (χ0) is 15.1. The Balaban J connectivity index is 4.08. The Morgan fingerprint density at radius 2 is 1.15 bits per heavy atom. The second-order valence-corrected chi connectivity index (χ2v) is 4.88. The highest BCUT2D eigenvalue weighted by Crippen LogP contribution is 2.07. The number of rotatable bonds is 9. The van der Waals surface area contributed by atoms with Crippen molar-refractivity contribution in [3.05, 3.63) is 0 Å². The number of hydrogen-bond acceptors (Lipinski definition) is 2. The maximum absolute atomic E-state index is 5.39. The summed E-state index contributed by atoms with van der Waals surface area (Å²) in [5.74, 6) is 12.7. The van der Waals surface area contributed by atoms with E-state index in [0.29, 0.717) is 0 Å². The van der Waals surface area contributed by atoms with E-state index in [4.69, 9.17) is 9.47 Å². The molecule has 0 heterocycles. The van der Waals surface area contributed by atoms with Crippen molar-refractivity contribution < 1.29 is 9.47 Å². The van der Waals surface area contributed by atoms with E-state index in [1.807, 2.05) is 0 Å². The smallest absolute Gasteiger partial charge is 0.117 e. The first-order valence-electron chi connectivity index (χ1n) is 7.80. The Bertz CT molecular complexity index is 293. The molecule has 0 radical (unpaired) electrons. The first-order chi connectivity index (χ1) is 9.78. The molecule has 0 aliphatic heterocycles. The summed E-state index contributed by atoms with van der Waals surface area (Å²) in [6.45, 7) is 4.35. The number of ether oxygens (including phenoxy) is 2. The molecule has 2 atom stereocenters. The largest absolute Gasteiger partial charge is 0.369 e. The first kappa shape index (κ1) is 19.0. The van der Waals surface area contributed by atoms with Crippen LogP contribution in [0.15, 0.2) is 0 Å². The summed E-state index contributed by atoms with van der Waals surface area (Å²) in [4.78, 5) is 0. The lowest BCUT2D eigenvalue weighted by atomic mass is 10.1. The maximum Gasteiger partial charge on any atom is 0.117 e. The number of hydrogen-bond donors (Lipinski definition) is 0. The van der Waals surface area contributed by atoms with Crippen LogP contribution in [0.5, 0.6) is 0 Å². The van der Waals surface area contributed by atoms with Crippen LogP contribution in [0.1, 0.15) is 65.2 Å². The van der Waals surface area contributed by atoms with Crippen LogP contribution < -0.4 is 0 Å².